The number of ketones is 1. The van der Waals surface area contributed by atoms with Crippen LogP contribution in [0.5, 0.6) is 11.5 Å². The fourth-order valence-electron chi connectivity index (χ4n) is 4.92. The van der Waals surface area contributed by atoms with Crippen LogP contribution in [0.4, 0.5) is 0 Å². The maximum atomic E-state index is 13.9. The second-order valence-electron chi connectivity index (χ2n) is 8.84. The number of nitrogens with one attached hydrogen (secondary N) is 1. The van der Waals surface area contributed by atoms with Gasteiger partial charge in [0.25, 0.3) is 0 Å². The number of allylic oxidation sites excluding steroid dienone is 3. The van der Waals surface area contributed by atoms with Crippen molar-refractivity contribution in [2.45, 2.75) is 40.0 Å². The number of halogens is 1. The SMILES string of the molecule is CCOc1cc(C2C(C(=O)OCCSCC)=C(C)NC3=C2C(=O)C(C(=O)OC)C(C)C3)cc(Br)c1OC. The van der Waals surface area contributed by atoms with Crippen LogP contribution in [0.3, 0.4) is 0 Å². The molecule has 0 bridgehead atoms. The third-order valence-electron chi connectivity index (χ3n) is 6.50. The number of thioether (sulfide) groups is 1. The first-order chi connectivity index (χ1) is 17.7. The summed E-state index contributed by atoms with van der Waals surface area (Å²) in [5, 5.41) is 3.28. The number of methoxy groups -OCH3 is 2. The van der Waals surface area contributed by atoms with Crippen molar-refractivity contribution >= 4 is 45.4 Å². The molecule has 0 amide bonds. The van der Waals surface area contributed by atoms with Gasteiger partial charge in [-0.05, 0) is 65.6 Å². The van der Waals surface area contributed by atoms with Gasteiger partial charge in [-0.15, -0.1) is 0 Å². The van der Waals surface area contributed by atoms with Crippen molar-refractivity contribution in [2.24, 2.45) is 11.8 Å². The number of hydrogen-bond donors (Lipinski definition) is 1. The van der Waals surface area contributed by atoms with Gasteiger partial charge in [0.05, 0.1) is 30.9 Å². The van der Waals surface area contributed by atoms with E-state index in [0.29, 0.717) is 62.9 Å². The van der Waals surface area contributed by atoms with Crippen LogP contribution in [0, 0.1) is 11.8 Å². The Morgan fingerprint density at radius 2 is 1.95 bits per heavy atom. The van der Waals surface area contributed by atoms with Crippen molar-refractivity contribution in [1.82, 2.24) is 5.32 Å². The van der Waals surface area contributed by atoms with Gasteiger partial charge in [-0.1, -0.05) is 13.8 Å². The number of hydrogen-bond acceptors (Lipinski definition) is 9. The molecule has 0 saturated carbocycles. The van der Waals surface area contributed by atoms with Gasteiger partial charge < -0.3 is 24.3 Å². The van der Waals surface area contributed by atoms with Crippen LogP contribution in [-0.4, -0.2) is 56.7 Å². The molecule has 202 valence electrons. The number of ether oxygens (including phenoxy) is 4. The van der Waals surface area contributed by atoms with Crippen molar-refractivity contribution in [3.63, 3.8) is 0 Å². The molecule has 1 aliphatic carbocycles. The summed E-state index contributed by atoms with van der Waals surface area (Å²) in [7, 11) is 2.82. The molecule has 1 heterocycles. The molecule has 1 aromatic carbocycles. The molecule has 8 nitrogen and oxygen atoms in total. The minimum Gasteiger partial charge on any atom is -0.492 e. The first-order valence-corrected chi connectivity index (χ1v) is 14.2. The summed E-state index contributed by atoms with van der Waals surface area (Å²) < 4.78 is 22.6. The molecule has 0 spiro atoms. The van der Waals surface area contributed by atoms with Crippen LogP contribution in [-0.2, 0) is 23.9 Å². The molecule has 3 unspecified atom stereocenters. The zero-order valence-electron chi connectivity index (χ0n) is 22.1. The highest BCUT2D eigenvalue weighted by molar-refractivity contribution is 9.10. The van der Waals surface area contributed by atoms with Crippen LogP contribution in [0.25, 0.3) is 0 Å². The van der Waals surface area contributed by atoms with Crippen LogP contribution in [0.1, 0.15) is 45.6 Å². The van der Waals surface area contributed by atoms with Gasteiger partial charge in [0.1, 0.15) is 12.5 Å². The average Bonchev–Trinajstić information content (AvgIpc) is 2.85. The molecule has 1 aliphatic heterocycles. The zero-order valence-corrected chi connectivity index (χ0v) is 24.5. The second kappa shape index (κ2) is 12.9. The lowest BCUT2D eigenvalue weighted by Gasteiger charge is -2.38. The van der Waals surface area contributed by atoms with Crippen molar-refractivity contribution < 1.29 is 33.3 Å². The average molecular weight is 597 g/mol. The minimum atomic E-state index is -0.960. The van der Waals surface area contributed by atoms with E-state index in [-0.39, 0.29) is 18.3 Å². The van der Waals surface area contributed by atoms with E-state index in [0.717, 1.165) is 5.75 Å². The fourth-order valence-corrected chi connectivity index (χ4v) is 6.03. The summed E-state index contributed by atoms with van der Waals surface area (Å²) in [6, 6.07) is 3.59. The van der Waals surface area contributed by atoms with E-state index in [1.165, 1.54) is 7.11 Å². The molecule has 0 aromatic heterocycles. The highest BCUT2D eigenvalue weighted by atomic mass is 79.9. The monoisotopic (exact) mass is 595 g/mol. The predicted molar refractivity (Wildman–Crippen MR) is 146 cm³/mol. The van der Waals surface area contributed by atoms with Gasteiger partial charge in [0.2, 0.25) is 0 Å². The Morgan fingerprint density at radius 1 is 1.22 bits per heavy atom. The van der Waals surface area contributed by atoms with Crippen molar-refractivity contribution in [1.29, 1.82) is 0 Å². The normalized spacial score (nSPS) is 21.3. The molecule has 37 heavy (non-hydrogen) atoms. The van der Waals surface area contributed by atoms with Gasteiger partial charge in [-0.3, -0.25) is 9.59 Å². The summed E-state index contributed by atoms with van der Waals surface area (Å²) in [5.41, 5.74) is 2.65. The largest absolute Gasteiger partial charge is 0.492 e. The number of carbonyl (C=O) groups excluding carboxylic acids is 3. The molecule has 3 atom stereocenters. The maximum absolute atomic E-state index is 13.9. The van der Waals surface area contributed by atoms with Crippen molar-refractivity contribution in [2.75, 3.05) is 38.9 Å². The molecule has 0 fully saturated rings. The Balaban J connectivity index is 2.19. The van der Waals surface area contributed by atoms with E-state index in [4.69, 9.17) is 18.9 Å². The number of rotatable bonds is 10. The number of benzene rings is 1. The summed E-state index contributed by atoms with van der Waals surface area (Å²) in [6.07, 6.45) is 0.458. The second-order valence-corrected chi connectivity index (χ2v) is 11.1. The molecular formula is C27H34BrNO7S. The van der Waals surface area contributed by atoms with Crippen LogP contribution >= 0.6 is 27.7 Å². The Bertz CT molecular complexity index is 1130. The number of Topliss-reactive ketones (excluding diaryl/α,β-unsaturated/α-hetero) is 1. The first-order valence-electron chi connectivity index (χ1n) is 12.3. The molecule has 10 heteroatoms. The third kappa shape index (κ3) is 6.00. The zero-order chi connectivity index (χ0) is 27.3. The fraction of sp³-hybridized carbons (Fsp3) is 0.519. The molecule has 0 saturated heterocycles. The lowest BCUT2D eigenvalue weighted by molar-refractivity contribution is -0.151. The van der Waals surface area contributed by atoms with E-state index >= 15 is 0 Å². The van der Waals surface area contributed by atoms with E-state index in [1.54, 1.807) is 31.9 Å². The Kier molecular flexibility index (Phi) is 10.1. The highest BCUT2D eigenvalue weighted by Crippen LogP contribution is 2.48. The molecule has 3 rings (SSSR count). The minimum absolute atomic E-state index is 0.249. The molecule has 0 radical (unpaired) electrons. The van der Waals surface area contributed by atoms with Gasteiger partial charge in [-0.2, -0.15) is 11.8 Å². The van der Waals surface area contributed by atoms with E-state index in [2.05, 4.69) is 21.2 Å². The molecule has 2 aliphatic rings. The maximum Gasteiger partial charge on any atom is 0.336 e. The lowest BCUT2D eigenvalue weighted by Crippen LogP contribution is -2.43. The quantitative estimate of drug-likeness (QED) is 0.233. The van der Waals surface area contributed by atoms with Gasteiger partial charge in [0, 0.05) is 28.6 Å². The van der Waals surface area contributed by atoms with Crippen LogP contribution < -0.4 is 14.8 Å². The predicted octanol–water partition coefficient (Wildman–Crippen LogP) is 4.77. The standard InChI is InChI=1S/C27H34BrNO7S/c1-7-35-19-13-16(12-17(28)25(19)33-5)22-21(27(32)36-9-10-37-8-2)15(4)29-18-11-14(3)20(26(31)34-6)24(30)23(18)22/h12-14,20,22,29H,7-11H2,1-6H3. The Labute approximate surface area is 230 Å². The topological polar surface area (TPSA) is 100 Å². The number of dihydropyridines is 1. The van der Waals surface area contributed by atoms with E-state index in [9.17, 15) is 14.4 Å². The molecular weight excluding hydrogens is 562 g/mol. The first kappa shape index (κ1) is 29.1. The summed E-state index contributed by atoms with van der Waals surface area (Å²) in [4.78, 5) is 40.0. The highest BCUT2D eigenvalue weighted by Gasteiger charge is 2.47. The molecule has 1 N–H and O–H groups in total. The smallest absolute Gasteiger partial charge is 0.336 e. The number of carbonyl (C=O) groups is 3. The lowest BCUT2D eigenvalue weighted by atomic mass is 9.69. The Hall–Kier alpha value is -2.46. The van der Waals surface area contributed by atoms with Crippen LogP contribution in [0.15, 0.2) is 39.1 Å². The van der Waals surface area contributed by atoms with E-state index < -0.39 is 23.8 Å². The van der Waals surface area contributed by atoms with E-state index in [1.807, 2.05) is 26.8 Å². The molecule has 1 aromatic rings. The summed E-state index contributed by atoms with van der Waals surface area (Å²) >= 11 is 5.23. The van der Waals surface area contributed by atoms with Gasteiger partial charge >= 0.3 is 11.9 Å². The van der Waals surface area contributed by atoms with Gasteiger partial charge in [0.15, 0.2) is 17.3 Å². The van der Waals surface area contributed by atoms with Crippen molar-refractivity contribution in [3.8, 4) is 11.5 Å². The third-order valence-corrected chi connectivity index (χ3v) is 7.95. The van der Waals surface area contributed by atoms with Gasteiger partial charge in [-0.25, -0.2) is 4.79 Å². The Morgan fingerprint density at radius 3 is 2.57 bits per heavy atom. The summed E-state index contributed by atoms with van der Waals surface area (Å²) in [5.74, 6) is -0.875. The summed E-state index contributed by atoms with van der Waals surface area (Å²) in [6.45, 7) is 8.20. The number of esters is 2. The van der Waals surface area contributed by atoms with Crippen molar-refractivity contribution in [3.05, 3.63) is 44.7 Å². The van der Waals surface area contributed by atoms with Crippen LogP contribution in [0.2, 0.25) is 0 Å².